The molecule has 1 fully saturated rings. The minimum Gasteiger partial charge on any atom is -0.362 e. The highest BCUT2D eigenvalue weighted by atomic mass is 35.5. The number of morpholine rings is 1. The van der Waals surface area contributed by atoms with E-state index in [1.54, 1.807) is 11.0 Å². The maximum atomic E-state index is 12.4. The Bertz CT molecular complexity index is 630. The molecule has 0 atom stereocenters. The van der Waals surface area contributed by atoms with Gasteiger partial charge in [-0.2, -0.15) is 0 Å². The Kier molecular flexibility index (Phi) is 4.13. The van der Waals surface area contributed by atoms with Gasteiger partial charge >= 0.3 is 0 Å². The third kappa shape index (κ3) is 2.84. The minimum absolute atomic E-state index is 0.0965. The maximum Gasteiger partial charge on any atom is 0.255 e. The molecule has 3 amide bonds. The van der Waals surface area contributed by atoms with Gasteiger partial charge in [0.1, 0.15) is 13.2 Å². The van der Waals surface area contributed by atoms with Crippen molar-refractivity contribution in [1.29, 1.82) is 0 Å². The Morgan fingerprint density at radius 1 is 1.23 bits per heavy atom. The molecule has 0 unspecified atom stereocenters. The zero-order chi connectivity index (χ0) is 15.7. The van der Waals surface area contributed by atoms with Gasteiger partial charge in [0.05, 0.1) is 0 Å². The van der Waals surface area contributed by atoms with Crippen molar-refractivity contribution in [2.24, 2.45) is 0 Å². The molecule has 1 aromatic carbocycles. The molecule has 0 aromatic heterocycles. The molecule has 0 bridgehead atoms. The van der Waals surface area contributed by atoms with Crippen molar-refractivity contribution in [2.75, 3.05) is 31.2 Å². The SMILES string of the molecule is O=C1COCC(=O)N1CCC(=O)N1CCc2cc(Cl)ccc21. The summed E-state index contributed by atoms with van der Waals surface area (Å²) < 4.78 is 4.84. The predicted octanol–water partition coefficient (Wildman–Crippen LogP) is 1.00. The summed E-state index contributed by atoms with van der Waals surface area (Å²) in [6.07, 6.45) is 0.872. The predicted molar refractivity (Wildman–Crippen MR) is 79.7 cm³/mol. The van der Waals surface area contributed by atoms with E-state index in [0.717, 1.165) is 22.6 Å². The third-order valence-corrected chi connectivity index (χ3v) is 4.08. The number of hydrogen-bond donors (Lipinski definition) is 0. The summed E-state index contributed by atoms with van der Waals surface area (Å²) in [7, 11) is 0. The van der Waals surface area contributed by atoms with Crippen molar-refractivity contribution in [3.63, 3.8) is 0 Å². The van der Waals surface area contributed by atoms with E-state index in [0.29, 0.717) is 11.6 Å². The van der Waals surface area contributed by atoms with Crippen LogP contribution in [0.5, 0.6) is 0 Å². The highest BCUT2D eigenvalue weighted by Crippen LogP contribution is 2.30. The quantitative estimate of drug-likeness (QED) is 0.779. The molecule has 0 radical (unpaired) electrons. The molecule has 1 aromatic rings. The topological polar surface area (TPSA) is 66.9 Å². The zero-order valence-corrected chi connectivity index (χ0v) is 12.6. The van der Waals surface area contributed by atoms with Gasteiger partial charge in [0, 0.05) is 30.2 Å². The second kappa shape index (κ2) is 6.06. The molecular weight excluding hydrogens is 308 g/mol. The van der Waals surface area contributed by atoms with Crippen LogP contribution in [0.2, 0.25) is 5.02 Å². The number of carbonyl (C=O) groups excluding carboxylic acids is 3. The smallest absolute Gasteiger partial charge is 0.255 e. The molecule has 2 aliphatic heterocycles. The van der Waals surface area contributed by atoms with E-state index in [-0.39, 0.29) is 32.1 Å². The fourth-order valence-electron chi connectivity index (χ4n) is 2.74. The normalized spacial score (nSPS) is 17.9. The Balaban J connectivity index is 1.64. The Hall–Kier alpha value is -1.92. The number of ether oxygens (including phenoxy) is 1. The largest absolute Gasteiger partial charge is 0.362 e. The van der Waals surface area contributed by atoms with Gasteiger partial charge in [0.15, 0.2) is 0 Å². The lowest BCUT2D eigenvalue weighted by Crippen LogP contribution is -2.47. The van der Waals surface area contributed by atoms with Crippen LogP contribution in [-0.4, -0.2) is 48.9 Å². The number of benzene rings is 1. The van der Waals surface area contributed by atoms with Gasteiger partial charge in [-0.1, -0.05) is 11.6 Å². The molecule has 2 aliphatic rings. The van der Waals surface area contributed by atoms with Crippen LogP contribution in [0.1, 0.15) is 12.0 Å². The molecule has 6 nitrogen and oxygen atoms in total. The van der Waals surface area contributed by atoms with Crippen LogP contribution in [-0.2, 0) is 25.5 Å². The lowest BCUT2D eigenvalue weighted by molar-refractivity contribution is -0.158. The fourth-order valence-corrected chi connectivity index (χ4v) is 2.94. The van der Waals surface area contributed by atoms with E-state index in [4.69, 9.17) is 16.3 Å². The Morgan fingerprint density at radius 3 is 2.68 bits per heavy atom. The van der Waals surface area contributed by atoms with Crippen molar-refractivity contribution < 1.29 is 19.1 Å². The van der Waals surface area contributed by atoms with Crippen LogP contribution in [0, 0.1) is 0 Å². The summed E-state index contributed by atoms with van der Waals surface area (Å²) in [5, 5.41) is 0.651. The van der Waals surface area contributed by atoms with Crippen LogP contribution in [0.3, 0.4) is 0 Å². The van der Waals surface area contributed by atoms with Crippen molar-refractivity contribution in [3.8, 4) is 0 Å². The van der Waals surface area contributed by atoms with Gasteiger partial charge in [0.25, 0.3) is 11.8 Å². The van der Waals surface area contributed by atoms with Gasteiger partial charge in [-0.05, 0) is 30.2 Å². The number of fused-ring (bicyclic) bond motifs is 1. The fraction of sp³-hybridized carbons (Fsp3) is 0.400. The number of anilines is 1. The third-order valence-electron chi connectivity index (χ3n) is 3.84. The van der Waals surface area contributed by atoms with E-state index < -0.39 is 11.8 Å². The molecule has 7 heteroatoms. The number of rotatable bonds is 3. The van der Waals surface area contributed by atoms with Gasteiger partial charge in [-0.3, -0.25) is 19.3 Å². The molecule has 0 N–H and O–H groups in total. The molecule has 0 spiro atoms. The van der Waals surface area contributed by atoms with E-state index in [1.165, 1.54) is 0 Å². The van der Waals surface area contributed by atoms with Gasteiger partial charge in [-0.25, -0.2) is 0 Å². The van der Waals surface area contributed by atoms with Crippen LogP contribution < -0.4 is 4.90 Å². The summed E-state index contributed by atoms with van der Waals surface area (Å²) in [5.41, 5.74) is 1.90. The number of carbonyl (C=O) groups is 3. The monoisotopic (exact) mass is 322 g/mol. The van der Waals surface area contributed by atoms with Crippen molar-refractivity contribution >= 4 is 35.0 Å². The van der Waals surface area contributed by atoms with E-state index in [1.807, 2.05) is 12.1 Å². The molecular formula is C15H15ClN2O4. The van der Waals surface area contributed by atoms with Crippen molar-refractivity contribution in [1.82, 2.24) is 4.90 Å². The average Bonchev–Trinajstić information content (AvgIpc) is 2.89. The number of hydrogen-bond acceptors (Lipinski definition) is 4. The van der Waals surface area contributed by atoms with Gasteiger partial charge in [0.2, 0.25) is 5.91 Å². The first-order valence-electron chi connectivity index (χ1n) is 7.06. The average molecular weight is 323 g/mol. The first-order valence-corrected chi connectivity index (χ1v) is 7.44. The van der Waals surface area contributed by atoms with E-state index in [2.05, 4.69) is 0 Å². The number of halogens is 1. The minimum atomic E-state index is -0.391. The standard InChI is InChI=1S/C15H15ClN2O4/c16-11-1-2-12-10(7-11)3-5-17(12)13(19)4-6-18-14(20)8-22-9-15(18)21/h1-2,7H,3-6,8-9H2. The van der Waals surface area contributed by atoms with Crippen LogP contribution >= 0.6 is 11.6 Å². The highest BCUT2D eigenvalue weighted by molar-refractivity contribution is 6.30. The van der Waals surface area contributed by atoms with Gasteiger partial charge < -0.3 is 9.64 Å². The number of nitrogens with zero attached hydrogens (tertiary/aromatic N) is 2. The molecule has 22 heavy (non-hydrogen) atoms. The summed E-state index contributed by atoms with van der Waals surface area (Å²) in [6, 6.07) is 5.44. The van der Waals surface area contributed by atoms with Crippen molar-refractivity contribution in [3.05, 3.63) is 28.8 Å². The number of amides is 3. The summed E-state index contributed by atoms with van der Waals surface area (Å²) >= 11 is 5.95. The Morgan fingerprint density at radius 2 is 1.95 bits per heavy atom. The molecule has 0 saturated carbocycles. The second-order valence-corrected chi connectivity index (χ2v) is 5.69. The first kappa shape index (κ1) is 15.0. The zero-order valence-electron chi connectivity index (χ0n) is 11.9. The molecule has 2 heterocycles. The maximum absolute atomic E-state index is 12.4. The Labute approximate surface area is 132 Å². The second-order valence-electron chi connectivity index (χ2n) is 5.25. The molecule has 0 aliphatic carbocycles. The summed E-state index contributed by atoms with van der Waals surface area (Å²) in [6.45, 7) is 0.481. The van der Waals surface area contributed by atoms with Gasteiger partial charge in [-0.15, -0.1) is 0 Å². The van der Waals surface area contributed by atoms with Crippen LogP contribution in [0.4, 0.5) is 5.69 Å². The first-order chi connectivity index (χ1) is 10.6. The van der Waals surface area contributed by atoms with E-state index in [9.17, 15) is 14.4 Å². The van der Waals surface area contributed by atoms with Crippen molar-refractivity contribution in [2.45, 2.75) is 12.8 Å². The lowest BCUT2D eigenvalue weighted by Gasteiger charge is -2.25. The van der Waals surface area contributed by atoms with Crippen LogP contribution in [0.15, 0.2) is 18.2 Å². The molecule has 3 rings (SSSR count). The molecule has 1 saturated heterocycles. The lowest BCUT2D eigenvalue weighted by atomic mass is 10.2. The number of imide groups is 1. The van der Waals surface area contributed by atoms with E-state index >= 15 is 0 Å². The van der Waals surface area contributed by atoms with Crippen LogP contribution in [0.25, 0.3) is 0 Å². The summed E-state index contributed by atoms with van der Waals surface area (Å²) in [5.74, 6) is -0.886. The summed E-state index contributed by atoms with van der Waals surface area (Å²) in [4.78, 5) is 38.4. The highest BCUT2D eigenvalue weighted by Gasteiger charge is 2.29. The molecule has 116 valence electrons.